The SMILES string of the molecule is CC(CNCc1ccc(Cl)o1)N(C)C1CC1. The highest BCUT2D eigenvalue weighted by molar-refractivity contribution is 6.28. The van der Waals surface area contributed by atoms with Crippen LogP contribution < -0.4 is 5.32 Å². The van der Waals surface area contributed by atoms with Crippen LogP contribution in [0.3, 0.4) is 0 Å². The van der Waals surface area contributed by atoms with E-state index in [0.717, 1.165) is 24.9 Å². The van der Waals surface area contributed by atoms with E-state index < -0.39 is 0 Å². The number of likely N-dealkylation sites (N-methyl/N-ethyl adjacent to an activating group) is 1. The molecule has 4 heteroatoms. The Morgan fingerprint density at radius 1 is 1.56 bits per heavy atom. The van der Waals surface area contributed by atoms with Gasteiger partial charge in [-0.1, -0.05) is 0 Å². The molecule has 90 valence electrons. The van der Waals surface area contributed by atoms with Crippen molar-refractivity contribution in [3.8, 4) is 0 Å². The minimum absolute atomic E-state index is 0.458. The summed E-state index contributed by atoms with van der Waals surface area (Å²) in [5.74, 6) is 0.895. The first-order valence-corrected chi connectivity index (χ1v) is 6.21. The van der Waals surface area contributed by atoms with Crippen LogP contribution in [0.5, 0.6) is 0 Å². The Morgan fingerprint density at radius 3 is 2.88 bits per heavy atom. The van der Waals surface area contributed by atoms with Gasteiger partial charge in [0.15, 0.2) is 5.22 Å². The van der Waals surface area contributed by atoms with E-state index in [2.05, 4.69) is 24.2 Å². The van der Waals surface area contributed by atoms with Crippen LogP contribution in [0.4, 0.5) is 0 Å². The van der Waals surface area contributed by atoms with E-state index in [1.165, 1.54) is 12.8 Å². The summed E-state index contributed by atoms with van der Waals surface area (Å²) in [6, 6.07) is 5.07. The van der Waals surface area contributed by atoms with Crippen molar-refractivity contribution in [3.63, 3.8) is 0 Å². The first-order chi connectivity index (χ1) is 7.66. The molecule has 1 fully saturated rings. The van der Waals surface area contributed by atoms with Crippen LogP contribution in [0, 0.1) is 0 Å². The summed E-state index contributed by atoms with van der Waals surface area (Å²) in [4.78, 5) is 2.45. The van der Waals surface area contributed by atoms with Crippen LogP contribution in [0.15, 0.2) is 16.5 Å². The number of halogens is 1. The molecule has 3 nitrogen and oxygen atoms in total. The van der Waals surface area contributed by atoms with Crippen molar-refractivity contribution in [2.75, 3.05) is 13.6 Å². The molecule has 1 aliphatic carbocycles. The highest BCUT2D eigenvalue weighted by Crippen LogP contribution is 2.26. The third kappa shape index (κ3) is 3.24. The zero-order valence-corrected chi connectivity index (χ0v) is 10.6. The molecule has 1 saturated carbocycles. The van der Waals surface area contributed by atoms with Gasteiger partial charge in [-0.15, -0.1) is 0 Å². The molecule has 0 spiro atoms. The second-order valence-corrected chi connectivity index (χ2v) is 4.95. The fourth-order valence-electron chi connectivity index (χ4n) is 1.84. The van der Waals surface area contributed by atoms with Crippen molar-refractivity contribution in [2.45, 2.75) is 38.4 Å². The van der Waals surface area contributed by atoms with Crippen LogP contribution >= 0.6 is 11.6 Å². The highest BCUT2D eigenvalue weighted by atomic mass is 35.5. The summed E-state index contributed by atoms with van der Waals surface area (Å²) < 4.78 is 5.27. The van der Waals surface area contributed by atoms with Gasteiger partial charge in [-0.2, -0.15) is 0 Å². The van der Waals surface area contributed by atoms with Crippen molar-refractivity contribution in [2.24, 2.45) is 0 Å². The topological polar surface area (TPSA) is 28.4 Å². The molecule has 1 unspecified atom stereocenters. The summed E-state index contributed by atoms with van der Waals surface area (Å²) in [5, 5.41) is 3.84. The van der Waals surface area contributed by atoms with Gasteiger partial charge in [0.25, 0.3) is 0 Å². The minimum atomic E-state index is 0.458. The van der Waals surface area contributed by atoms with Crippen LogP contribution in [0.2, 0.25) is 5.22 Å². The maximum Gasteiger partial charge on any atom is 0.193 e. The van der Waals surface area contributed by atoms with Crippen molar-refractivity contribution in [3.05, 3.63) is 23.1 Å². The Labute approximate surface area is 102 Å². The molecule has 0 aliphatic heterocycles. The van der Waals surface area contributed by atoms with Crippen molar-refractivity contribution < 1.29 is 4.42 Å². The number of rotatable bonds is 6. The molecular weight excluding hydrogens is 224 g/mol. The fourth-order valence-corrected chi connectivity index (χ4v) is 2.00. The second-order valence-electron chi connectivity index (χ2n) is 4.58. The lowest BCUT2D eigenvalue weighted by Gasteiger charge is -2.24. The number of furan rings is 1. The van der Waals surface area contributed by atoms with Crippen molar-refractivity contribution >= 4 is 11.6 Å². The Morgan fingerprint density at radius 2 is 2.31 bits per heavy atom. The molecule has 1 aromatic rings. The number of nitrogens with zero attached hydrogens (tertiary/aromatic N) is 1. The average Bonchev–Trinajstić information content (AvgIpc) is 3.02. The molecule has 0 aromatic carbocycles. The molecule has 1 atom stereocenters. The molecule has 0 bridgehead atoms. The smallest absolute Gasteiger partial charge is 0.193 e. The first-order valence-electron chi connectivity index (χ1n) is 5.83. The summed E-state index contributed by atoms with van der Waals surface area (Å²) >= 11 is 5.70. The molecule has 0 radical (unpaired) electrons. The standard InChI is InChI=1S/C12H19ClN2O/c1-9(15(2)10-3-4-10)7-14-8-11-5-6-12(13)16-11/h5-6,9-10,14H,3-4,7-8H2,1-2H3. The van der Waals surface area contributed by atoms with Gasteiger partial charge in [0, 0.05) is 18.6 Å². The molecule has 1 aromatic heterocycles. The maximum atomic E-state index is 5.70. The van der Waals surface area contributed by atoms with E-state index in [-0.39, 0.29) is 0 Å². The van der Waals surface area contributed by atoms with Gasteiger partial charge < -0.3 is 9.73 Å². The van der Waals surface area contributed by atoms with Crippen molar-refractivity contribution in [1.82, 2.24) is 10.2 Å². The Kier molecular flexibility index (Phi) is 3.90. The predicted molar refractivity (Wildman–Crippen MR) is 65.7 cm³/mol. The molecule has 0 amide bonds. The van der Waals surface area contributed by atoms with Crippen LogP contribution in [0.25, 0.3) is 0 Å². The summed E-state index contributed by atoms with van der Waals surface area (Å²) in [6.45, 7) is 3.97. The minimum Gasteiger partial charge on any atom is -0.448 e. The van der Waals surface area contributed by atoms with Crippen LogP contribution in [0.1, 0.15) is 25.5 Å². The van der Waals surface area contributed by atoms with E-state index in [4.69, 9.17) is 16.0 Å². The fraction of sp³-hybridized carbons (Fsp3) is 0.667. The summed E-state index contributed by atoms with van der Waals surface area (Å²) in [6.07, 6.45) is 2.71. The van der Waals surface area contributed by atoms with E-state index in [1.807, 2.05) is 6.07 Å². The molecule has 16 heavy (non-hydrogen) atoms. The van der Waals surface area contributed by atoms with Gasteiger partial charge in [-0.25, -0.2) is 0 Å². The van der Waals surface area contributed by atoms with Gasteiger partial charge in [0.2, 0.25) is 0 Å². The third-order valence-electron chi connectivity index (χ3n) is 3.19. The van der Waals surface area contributed by atoms with Crippen LogP contribution in [-0.2, 0) is 6.54 Å². The maximum absolute atomic E-state index is 5.70. The third-order valence-corrected chi connectivity index (χ3v) is 3.39. The number of hydrogen-bond acceptors (Lipinski definition) is 3. The molecule has 0 saturated heterocycles. The average molecular weight is 243 g/mol. The molecule has 2 rings (SSSR count). The van der Waals surface area contributed by atoms with Gasteiger partial charge in [-0.3, -0.25) is 4.90 Å². The van der Waals surface area contributed by atoms with E-state index in [0.29, 0.717) is 11.3 Å². The zero-order valence-electron chi connectivity index (χ0n) is 9.87. The van der Waals surface area contributed by atoms with Gasteiger partial charge in [-0.05, 0) is 50.5 Å². The molecule has 1 N–H and O–H groups in total. The van der Waals surface area contributed by atoms with Gasteiger partial charge in [0.05, 0.1) is 6.54 Å². The van der Waals surface area contributed by atoms with Gasteiger partial charge in [0.1, 0.15) is 5.76 Å². The number of nitrogens with one attached hydrogen (secondary N) is 1. The van der Waals surface area contributed by atoms with E-state index in [9.17, 15) is 0 Å². The summed E-state index contributed by atoms with van der Waals surface area (Å²) in [7, 11) is 2.20. The van der Waals surface area contributed by atoms with E-state index >= 15 is 0 Å². The second kappa shape index (κ2) is 5.21. The Bertz CT molecular complexity index is 336. The van der Waals surface area contributed by atoms with Crippen molar-refractivity contribution in [1.29, 1.82) is 0 Å². The monoisotopic (exact) mass is 242 g/mol. The van der Waals surface area contributed by atoms with E-state index in [1.54, 1.807) is 6.07 Å². The molecule has 1 aliphatic rings. The summed E-state index contributed by atoms with van der Waals surface area (Å²) in [5.41, 5.74) is 0. The largest absolute Gasteiger partial charge is 0.448 e. The first kappa shape index (κ1) is 12.0. The number of hydrogen-bond donors (Lipinski definition) is 1. The lowest BCUT2D eigenvalue weighted by atomic mass is 10.3. The molecule has 1 heterocycles. The Balaban J connectivity index is 1.67. The zero-order chi connectivity index (χ0) is 11.5. The lowest BCUT2D eigenvalue weighted by Crippen LogP contribution is -2.38. The quantitative estimate of drug-likeness (QED) is 0.831. The highest BCUT2D eigenvalue weighted by Gasteiger charge is 2.28. The predicted octanol–water partition coefficient (Wildman–Crippen LogP) is 2.51. The Hall–Kier alpha value is -0.510. The lowest BCUT2D eigenvalue weighted by molar-refractivity contribution is 0.239. The van der Waals surface area contributed by atoms with Gasteiger partial charge >= 0.3 is 0 Å². The normalized spacial score (nSPS) is 18.0. The molecular formula is C12H19ClN2O. The van der Waals surface area contributed by atoms with Crippen LogP contribution in [-0.4, -0.2) is 30.6 Å².